The highest BCUT2D eigenvalue weighted by Gasteiger charge is 2.26. The van der Waals surface area contributed by atoms with E-state index in [9.17, 15) is 4.79 Å². The molecule has 1 fully saturated rings. The molecule has 92 valence electrons. The van der Waals surface area contributed by atoms with Crippen LogP contribution in [-0.2, 0) is 4.74 Å². The van der Waals surface area contributed by atoms with Gasteiger partial charge in [0.2, 0.25) is 0 Å². The van der Waals surface area contributed by atoms with Gasteiger partial charge in [0.15, 0.2) is 5.82 Å². The molecular weight excluding hydrogens is 222 g/mol. The second kappa shape index (κ2) is 5.09. The zero-order valence-corrected chi connectivity index (χ0v) is 9.67. The number of ether oxygens (including phenoxy) is 1. The van der Waals surface area contributed by atoms with Gasteiger partial charge in [-0.1, -0.05) is 6.92 Å². The highest BCUT2D eigenvalue weighted by molar-refractivity contribution is 5.93. The Bertz CT molecular complexity index is 411. The van der Waals surface area contributed by atoms with Gasteiger partial charge in [-0.15, -0.1) is 5.10 Å². The molecule has 0 radical (unpaired) electrons. The molecule has 1 aliphatic rings. The molecule has 0 saturated carbocycles. The van der Waals surface area contributed by atoms with E-state index < -0.39 is 5.97 Å². The Morgan fingerprint density at radius 2 is 2.53 bits per heavy atom. The van der Waals surface area contributed by atoms with Gasteiger partial charge >= 0.3 is 5.97 Å². The van der Waals surface area contributed by atoms with Crippen LogP contribution in [0.15, 0.2) is 12.3 Å². The van der Waals surface area contributed by atoms with E-state index in [1.54, 1.807) is 0 Å². The van der Waals surface area contributed by atoms with E-state index in [1.807, 2.05) is 11.8 Å². The molecule has 1 aromatic rings. The van der Waals surface area contributed by atoms with Crippen molar-refractivity contribution in [2.45, 2.75) is 19.4 Å². The molecule has 0 spiro atoms. The summed E-state index contributed by atoms with van der Waals surface area (Å²) in [6, 6.07) is 1.64. The van der Waals surface area contributed by atoms with Gasteiger partial charge in [-0.3, -0.25) is 0 Å². The van der Waals surface area contributed by atoms with Gasteiger partial charge in [-0.25, -0.2) is 4.79 Å². The van der Waals surface area contributed by atoms with Crippen LogP contribution in [0, 0.1) is 0 Å². The fraction of sp³-hybridized carbons (Fsp3) is 0.545. The minimum absolute atomic E-state index is 0.165. The largest absolute Gasteiger partial charge is 0.478 e. The zero-order chi connectivity index (χ0) is 12.3. The van der Waals surface area contributed by atoms with Gasteiger partial charge in [-0.2, -0.15) is 5.10 Å². The summed E-state index contributed by atoms with van der Waals surface area (Å²) in [6.07, 6.45) is 2.28. The van der Waals surface area contributed by atoms with Crippen LogP contribution >= 0.6 is 0 Å². The van der Waals surface area contributed by atoms with Gasteiger partial charge < -0.3 is 14.7 Å². The third-order valence-electron chi connectivity index (χ3n) is 2.90. The number of rotatable bonds is 3. The Morgan fingerprint density at radius 3 is 3.24 bits per heavy atom. The van der Waals surface area contributed by atoms with Gasteiger partial charge in [0, 0.05) is 6.54 Å². The highest BCUT2D eigenvalue weighted by atomic mass is 16.5. The maximum Gasteiger partial charge on any atom is 0.339 e. The standard InChI is InChI=1S/C11H15N3O3/c1-2-8-7-17-6-5-14(8)10-9(11(15)16)3-4-12-13-10/h3-4,8H,2,5-7H2,1H3,(H,15,16). The third-order valence-corrected chi connectivity index (χ3v) is 2.90. The number of aromatic nitrogens is 2. The van der Waals surface area contributed by atoms with Crippen LogP contribution in [0.1, 0.15) is 23.7 Å². The molecule has 0 aliphatic carbocycles. The molecule has 1 unspecified atom stereocenters. The van der Waals surface area contributed by atoms with E-state index in [-0.39, 0.29) is 11.6 Å². The van der Waals surface area contributed by atoms with Crippen LogP contribution in [0.4, 0.5) is 5.82 Å². The number of carboxylic acid groups (broad SMARTS) is 1. The summed E-state index contributed by atoms with van der Waals surface area (Å²) < 4.78 is 5.39. The lowest BCUT2D eigenvalue weighted by Gasteiger charge is -2.36. The molecule has 1 aromatic heterocycles. The van der Waals surface area contributed by atoms with Gasteiger partial charge in [0.25, 0.3) is 0 Å². The van der Waals surface area contributed by atoms with Crippen molar-refractivity contribution in [3.05, 3.63) is 17.8 Å². The average molecular weight is 237 g/mol. The van der Waals surface area contributed by atoms with Crippen LogP contribution in [0.5, 0.6) is 0 Å². The van der Waals surface area contributed by atoms with Gasteiger partial charge in [-0.05, 0) is 12.5 Å². The number of hydrogen-bond donors (Lipinski definition) is 1. The fourth-order valence-electron chi connectivity index (χ4n) is 1.98. The third kappa shape index (κ3) is 2.36. The number of carbonyl (C=O) groups is 1. The van der Waals surface area contributed by atoms with Crippen LogP contribution in [0.25, 0.3) is 0 Å². The lowest BCUT2D eigenvalue weighted by Crippen LogP contribution is -2.46. The van der Waals surface area contributed by atoms with Gasteiger partial charge in [0.05, 0.1) is 25.5 Å². The second-order valence-corrected chi connectivity index (χ2v) is 3.90. The molecule has 0 aromatic carbocycles. The van der Waals surface area contributed by atoms with Crippen LogP contribution in [-0.4, -0.2) is 47.1 Å². The Labute approximate surface area is 99.2 Å². The average Bonchev–Trinajstić information content (AvgIpc) is 2.38. The predicted octanol–water partition coefficient (Wildman–Crippen LogP) is 0.790. The summed E-state index contributed by atoms with van der Waals surface area (Å²) >= 11 is 0. The van der Waals surface area contributed by atoms with E-state index in [1.165, 1.54) is 12.3 Å². The minimum atomic E-state index is -0.976. The Morgan fingerprint density at radius 1 is 1.71 bits per heavy atom. The first-order valence-electron chi connectivity index (χ1n) is 5.63. The number of nitrogens with zero attached hydrogens (tertiary/aromatic N) is 3. The molecule has 0 amide bonds. The van der Waals surface area contributed by atoms with Crippen LogP contribution in [0.2, 0.25) is 0 Å². The van der Waals surface area contributed by atoms with E-state index in [0.29, 0.717) is 25.6 Å². The quantitative estimate of drug-likeness (QED) is 0.837. The molecule has 2 heterocycles. The van der Waals surface area contributed by atoms with Crippen molar-refractivity contribution in [2.75, 3.05) is 24.7 Å². The molecule has 1 atom stereocenters. The van der Waals surface area contributed by atoms with E-state index in [2.05, 4.69) is 10.2 Å². The fourth-order valence-corrected chi connectivity index (χ4v) is 1.98. The molecule has 0 bridgehead atoms. The van der Waals surface area contributed by atoms with Crippen molar-refractivity contribution in [3.63, 3.8) is 0 Å². The number of hydrogen-bond acceptors (Lipinski definition) is 5. The van der Waals surface area contributed by atoms with Crippen molar-refractivity contribution in [2.24, 2.45) is 0 Å². The van der Waals surface area contributed by atoms with E-state index in [4.69, 9.17) is 9.84 Å². The lowest BCUT2D eigenvalue weighted by molar-refractivity contribution is 0.0692. The first-order chi connectivity index (χ1) is 8.24. The maximum atomic E-state index is 11.1. The second-order valence-electron chi connectivity index (χ2n) is 3.90. The van der Waals surface area contributed by atoms with Gasteiger partial charge in [0.1, 0.15) is 5.56 Å². The zero-order valence-electron chi connectivity index (χ0n) is 9.67. The van der Waals surface area contributed by atoms with Crippen molar-refractivity contribution >= 4 is 11.8 Å². The van der Waals surface area contributed by atoms with E-state index >= 15 is 0 Å². The first kappa shape index (κ1) is 11.8. The monoisotopic (exact) mass is 237 g/mol. The summed E-state index contributed by atoms with van der Waals surface area (Å²) in [5.41, 5.74) is 0.195. The Hall–Kier alpha value is -1.69. The molecule has 17 heavy (non-hydrogen) atoms. The minimum Gasteiger partial charge on any atom is -0.478 e. The van der Waals surface area contributed by atoms with Crippen molar-refractivity contribution in [1.29, 1.82) is 0 Å². The summed E-state index contributed by atoms with van der Waals surface area (Å²) in [5.74, 6) is -0.536. The molecule has 1 aliphatic heterocycles. The molecule has 1 N–H and O–H groups in total. The number of morpholine rings is 1. The highest BCUT2D eigenvalue weighted by Crippen LogP contribution is 2.22. The maximum absolute atomic E-state index is 11.1. The normalized spacial score (nSPS) is 20.3. The smallest absolute Gasteiger partial charge is 0.339 e. The Balaban J connectivity index is 2.34. The molecular formula is C11H15N3O3. The topological polar surface area (TPSA) is 75.5 Å². The summed E-state index contributed by atoms with van der Waals surface area (Å²) in [4.78, 5) is 13.1. The molecule has 6 heteroatoms. The SMILES string of the molecule is CCC1COCCN1c1nnccc1C(=O)O. The summed E-state index contributed by atoms with van der Waals surface area (Å²) in [6.45, 7) is 3.89. The molecule has 1 saturated heterocycles. The Kier molecular flexibility index (Phi) is 3.53. The number of anilines is 1. The number of carboxylic acids is 1. The molecule has 2 rings (SSSR count). The van der Waals surface area contributed by atoms with Crippen LogP contribution < -0.4 is 4.90 Å². The predicted molar refractivity (Wildman–Crippen MR) is 61.2 cm³/mol. The summed E-state index contributed by atoms with van der Waals surface area (Å²) in [5, 5.41) is 16.9. The van der Waals surface area contributed by atoms with Crippen molar-refractivity contribution in [3.8, 4) is 0 Å². The summed E-state index contributed by atoms with van der Waals surface area (Å²) in [7, 11) is 0. The lowest BCUT2D eigenvalue weighted by atomic mass is 10.1. The van der Waals surface area contributed by atoms with Crippen LogP contribution in [0.3, 0.4) is 0 Å². The first-order valence-corrected chi connectivity index (χ1v) is 5.63. The molecule has 6 nitrogen and oxygen atoms in total. The van der Waals surface area contributed by atoms with E-state index in [0.717, 1.165) is 6.42 Å². The van der Waals surface area contributed by atoms with Crippen molar-refractivity contribution in [1.82, 2.24) is 10.2 Å². The number of aromatic carboxylic acids is 1. The van der Waals surface area contributed by atoms with Crippen molar-refractivity contribution < 1.29 is 14.6 Å².